The Kier molecular flexibility index (Phi) is 4.34. The summed E-state index contributed by atoms with van der Waals surface area (Å²) < 4.78 is 27.5. The van der Waals surface area contributed by atoms with Gasteiger partial charge in [0.05, 0.1) is 11.9 Å². The molecule has 6 heteroatoms. The molecule has 0 radical (unpaired) electrons. The molecule has 0 fully saturated rings. The van der Waals surface area contributed by atoms with Crippen molar-refractivity contribution < 1.29 is 8.78 Å². The van der Waals surface area contributed by atoms with Gasteiger partial charge in [0.2, 0.25) is 0 Å². The van der Waals surface area contributed by atoms with Gasteiger partial charge in [-0.2, -0.15) is 0 Å². The number of fused-ring (bicyclic) bond motifs is 1. The van der Waals surface area contributed by atoms with E-state index in [1.807, 2.05) is 24.1 Å². The molecular formula is C20H18F2N4. The number of likely N-dealkylation sites (N-methyl/N-ethyl adjacent to an activating group) is 1. The highest BCUT2D eigenvalue weighted by Crippen LogP contribution is 2.34. The predicted molar refractivity (Wildman–Crippen MR) is 97.2 cm³/mol. The number of hydrogen-bond donors (Lipinski definition) is 0. The zero-order valence-corrected chi connectivity index (χ0v) is 14.4. The van der Waals surface area contributed by atoms with Crippen LogP contribution in [0, 0.1) is 11.6 Å². The molecule has 2 aromatic carbocycles. The predicted octanol–water partition coefficient (Wildman–Crippen LogP) is 4.01. The first-order valence-electron chi connectivity index (χ1n) is 8.41. The van der Waals surface area contributed by atoms with Crippen LogP contribution >= 0.6 is 0 Å². The van der Waals surface area contributed by atoms with Gasteiger partial charge in [0, 0.05) is 55.0 Å². The van der Waals surface area contributed by atoms with Crippen molar-refractivity contribution in [2.75, 3.05) is 25.0 Å². The van der Waals surface area contributed by atoms with E-state index in [-0.39, 0.29) is 0 Å². The normalized spacial score (nSPS) is 14.8. The molecule has 1 aromatic heterocycles. The Bertz CT molecular complexity index is 910. The first-order chi connectivity index (χ1) is 12.6. The summed E-state index contributed by atoms with van der Waals surface area (Å²) in [4.78, 5) is 12.6. The Morgan fingerprint density at radius 3 is 2.50 bits per heavy atom. The highest BCUT2D eigenvalue weighted by Gasteiger charge is 2.21. The van der Waals surface area contributed by atoms with Gasteiger partial charge in [0.1, 0.15) is 11.6 Å². The molecule has 1 aliphatic rings. The third-order valence-corrected chi connectivity index (χ3v) is 4.53. The molecule has 1 aliphatic heterocycles. The fourth-order valence-corrected chi connectivity index (χ4v) is 3.31. The van der Waals surface area contributed by atoms with Crippen molar-refractivity contribution in [3.05, 3.63) is 72.2 Å². The minimum absolute atomic E-state index is 0.520. The minimum Gasteiger partial charge on any atom is -0.340 e. The van der Waals surface area contributed by atoms with Gasteiger partial charge in [-0.15, -0.1) is 0 Å². The molecule has 0 atom stereocenters. The van der Waals surface area contributed by atoms with E-state index >= 15 is 0 Å². The lowest BCUT2D eigenvalue weighted by molar-refractivity contribution is 0.343. The first kappa shape index (κ1) is 16.6. The molecule has 2 heterocycles. The van der Waals surface area contributed by atoms with Crippen molar-refractivity contribution >= 4 is 11.4 Å². The van der Waals surface area contributed by atoms with E-state index in [9.17, 15) is 8.78 Å². The van der Waals surface area contributed by atoms with Gasteiger partial charge in [0.15, 0.2) is 0 Å². The lowest BCUT2D eigenvalue weighted by Crippen LogP contribution is -2.26. The lowest BCUT2D eigenvalue weighted by atomic mass is 10.0. The topological polar surface area (TPSA) is 32.3 Å². The second-order valence-electron chi connectivity index (χ2n) is 6.45. The van der Waals surface area contributed by atoms with Gasteiger partial charge in [0.25, 0.3) is 0 Å². The summed E-state index contributed by atoms with van der Waals surface area (Å²) in [5, 5.41) is 0. The van der Waals surface area contributed by atoms with Crippen molar-refractivity contribution in [3.63, 3.8) is 0 Å². The van der Waals surface area contributed by atoms with E-state index in [0.29, 0.717) is 12.2 Å². The maximum absolute atomic E-state index is 13.7. The van der Waals surface area contributed by atoms with Gasteiger partial charge in [-0.25, -0.2) is 8.78 Å². The third kappa shape index (κ3) is 3.28. The van der Waals surface area contributed by atoms with Crippen LogP contribution in [0.4, 0.5) is 20.2 Å². The van der Waals surface area contributed by atoms with Crippen LogP contribution in [-0.2, 0) is 6.54 Å². The molecule has 3 aromatic rings. The highest BCUT2D eigenvalue weighted by molar-refractivity contribution is 5.72. The minimum atomic E-state index is -0.574. The van der Waals surface area contributed by atoms with Gasteiger partial charge in [-0.05, 0) is 36.9 Å². The molecule has 0 saturated carbocycles. The Morgan fingerprint density at radius 2 is 1.77 bits per heavy atom. The molecule has 0 unspecified atom stereocenters. The van der Waals surface area contributed by atoms with Gasteiger partial charge < -0.3 is 9.80 Å². The highest BCUT2D eigenvalue weighted by atomic mass is 19.1. The number of hydrogen-bond acceptors (Lipinski definition) is 4. The second kappa shape index (κ2) is 6.80. The maximum atomic E-state index is 13.7. The Labute approximate surface area is 150 Å². The van der Waals surface area contributed by atoms with E-state index in [2.05, 4.69) is 20.9 Å². The van der Waals surface area contributed by atoms with Crippen molar-refractivity contribution in [2.24, 2.45) is 0 Å². The molecular weight excluding hydrogens is 334 g/mol. The summed E-state index contributed by atoms with van der Waals surface area (Å²) in [5.74, 6) is -1.15. The van der Waals surface area contributed by atoms with Crippen molar-refractivity contribution in [2.45, 2.75) is 6.54 Å². The molecule has 0 amide bonds. The van der Waals surface area contributed by atoms with E-state index in [0.717, 1.165) is 41.7 Å². The second-order valence-corrected chi connectivity index (χ2v) is 6.45. The van der Waals surface area contributed by atoms with Crippen LogP contribution in [0.3, 0.4) is 0 Å². The van der Waals surface area contributed by atoms with Gasteiger partial charge in [-0.3, -0.25) is 9.97 Å². The standard InChI is InChI=1S/C20H18F2N4/c1-25-6-7-26(18-10-16(21)9-17(22)11-18)20-3-2-14(8-15(20)13-25)19-12-23-4-5-24-19/h2-5,8-12H,6-7,13H2,1H3. The third-order valence-electron chi connectivity index (χ3n) is 4.53. The monoisotopic (exact) mass is 352 g/mol. The quantitative estimate of drug-likeness (QED) is 0.698. The molecule has 0 saturated heterocycles. The molecule has 4 nitrogen and oxygen atoms in total. The molecule has 0 bridgehead atoms. The SMILES string of the molecule is CN1CCN(c2cc(F)cc(F)c2)c2ccc(-c3cnccn3)cc2C1. The van der Waals surface area contributed by atoms with Crippen LogP contribution in [0.25, 0.3) is 11.3 Å². The van der Waals surface area contributed by atoms with Crippen LogP contribution < -0.4 is 4.90 Å². The molecule has 26 heavy (non-hydrogen) atoms. The largest absolute Gasteiger partial charge is 0.340 e. The van der Waals surface area contributed by atoms with Crippen molar-refractivity contribution in [1.82, 2.24) is 14.9 Å². The molecule has 0 aliphatic carbocycles. The summed E-state index contributed by atoms with van der Waals surface area (Å²) in [7, 11) is 2.04. The maximum Gasteiger partial charge on any atom is 0.128 e. The van der Waals surface area contributed by atoms with Gasteiger partial charge >= 0.3 is 0 Å². The molecule has 4 rings (SSSR count). The van der Waals surface area contributed by atoms with Crippen LogP contribution in [0.5, 0.6) is 0 Å². The molecule has 132 valence electrons. The number of anilines is 2. The fourth-order valence-electron chi connectivity index (χ4n) is 3.31. The van der Waals surface area contributed by atoms with E-state index in [4.69, 9.17) is 0 Å². The number of aromatic nitrogens is 2. The zero-order valence-electron chi connectivity index (χ0n) is 14.4. The number of rotatable bonds is 2. The average molecular weight is 352 g/mol. The number of halogens is 2. The Balaban J connectivity index is 1.80. The lowest BCUT2D eigenvalue weighted by Gasteiger charge is -2.25. The summed E-state index contributed by atoms with van der Waals surface area (Å²) in [6.45, 7) is 2.18. The smallest absolute Gasteiger partial charge is 0.128 e. The Hall–Kier alpha value is -2.86. The van der Waals surface area contributed by atoms with E-state index in [1.165, 1.54) is 12.1 Å². The van der Waals surface area contributed by atoms with Crippen molar-refractivity contribution in [1.29, 1.82) is 0 Å². The summed E-state index contributed by atoms with van der Waals surface area (Å²) >= 11 is 0. The first-order valence-corrected chi connectivity index (χ1v) is 8.41. The number of nitrogens with zero attached hydrogens (tertiary/aromatic N) is 4. The van der Waals surface area contributed by atoms with E-state index in [1.54, 1.807) is 18.6 Å². The van der Waals surface area contributed by atoms with Crippen molar-refractivity contribution in [3.8, 4) is 11.3 Å². The van der Waals surface area contributed by atoms with Crippen LogP contribution in [0.15, 0.2) is 55.0 Å². The van der Waals surface area contributed by atoms with Gasteiger partial charge in [-0.1, -0.05) is 6.07 Å². The molecule has 0 N–H and O–H groups in total. The summed E-state index contributed by atoms with van der Waals surface area (Å²) in [5.41, 5.74) is 4.32. The Morgan fingerprint density at radius 1 is 0.962 bits per heavy atom. The summed E-state index contributed by atoms with van der Waals surface area (Å²) in [6, 6.07) is 9.66. The zero-order chi connectivity index (χ0) is 18.1. The fraction of sp³-hybridized carbons (Fsp3) is 0.200. The summed E-state index contributed by atoms with van der Waals surface area (Å²) in [6.07, 6.45) is 5.03. The molecule has 0 spiro atoms. The van der Waals surface area contributed by atoms with Crippen LogP contribution in [0.1, 0.15) is 5.56 Å². The van der Waals surface area contributed by atoms with Crippen LogP contribution in [-0.4, -0.2) is 35.0 Å². The average Bonchev–Trinajstić information content (AvgIpc) is 2.79. The van der Waals surface area contributed by atoms with Crippen LogP contribution in [0.2, 0.25) is 0 Å². The number of benzene rings is 2. The van der Waals surface area contributed by atoms with E-state index < -0.39 is 11.6 Å².